The van der Waals surface area contributed by atoms with Crippen molar-refractivity contribution < 1.29 is 14.3 Å². The Morgan fingerprint density at radius 1 is 1.08 bits per heavy atom. The first-order chi connectivity index (χ1) is 18.3. The first-order valence-electron chi connectivity index (χ1n) is 13.4. The van der Waals surface area contributed by atoms with Gasteiger partial charge in [-0.15, -0.1) is 0 Å². The Hall–Kier alpha value is -2.48. The summed E-state index contributed by atoms with van der Waals surface area (Å²) in [4.78, 5) is 15.6. The molecule has 0 spiro atoms. The number of halogens is 2. The minimum Gasteiger partial charge on any atom is -0.493 e. The summed E-state index contributed by atoms with van der Waals surface area (Å²) in [5, 5.41) is 11.0. The van der Waals surface area contributed by atoms with Crippen LogP contribution in [0.25, 0.3) is 0 Å². The number of ether oxygens (including phenoxy) is 2. The van der Waals surface area contributed by atoms with Gasteiger partial charge in [-0.25, -0.2) is 0 Å². The molecule has 206 valence electrons. The van der Waals surface area contributed by atoms with Crippen LogP contribution in [-0.2, 0) is 11.3 Å². The molecular weight excluding hydrogens is 523 g/mol. The van der Waals surface area contributed by atoms with Gasteiger partial charge in [0.25, 0.3) is 0 Å². The number of nitrogens with zero attached hydrogens (tertiary/aromatic N) is 3. The van der Waals surface area contributed by atoms with E-state index >= 15 is 0 Å². The highest BCUT2D eigenvalue weighted by atomic mass is 35.5. The maximum absolute atomic E-state index is 13.2. The van der Waals surface area contributed by atoms with Gasteiger partial charge in [-0.3, -0.25) is 14.7 Å². The smallest absolute Gasteiger partial charge is 0.244 e. The van der Waals surface area contributed by atoms with E-state index < -0.39 is 0 Å². The number of hydrogen-bond acceptors (Lipinski definition) is 6. The van der Waals surface area contributed by atoms with Crippen molar-refractivity contribution in [3.63, 3.8) is 0 Å². The van der Waals surface area contributed by atoms with Crippen LogP contribution in [0.2, 0.25) is 10.0 Å². The molecule has 0 aliphatic carbocycles. The molecule has 0 radical (unpaired) electrons. The lowest BCUT2D eigenvalue weighted by atomic mass is 10.0. The summed E-state index contributed by atoms with van der Waals surface area (Å²) in [5.41, 5.74) is 2.06. The number of benzene rings is 2. The molecule has 2 heterocycles. The third-order valence-corrected chi connectivity index (χ3v) is 7.71. The van der Waals surface area contributed by atoms with Crippen LogP contribution in [0.3, 0.4) is 0 Å². The number of rotatable bonds is 10. The highest BCUT2D eigenvalue weighted by Gasteiger charge is 2.32. The molecule has 7 nitrogen and oxygen atoms in total. The number of likely N-dealkylation sites (tertiary alicyclic amines) is 1. The zero-order valence-electron chi connectivity index (χ0n) is 22.5. The molecule has 1 amide bonds. The second-order valence-electron chi connectivity index (χ2n) is 10.5. The summed E-state index contributed by atoms with van der Waals surface area (Å²) >= 11 is 12.2. The fourth-order valence-corrected chi connectivity index (χ4v) is 5.19. The molecule has 2 aromatic carbocycles. The number of hydrazone groups is 1. The molecule has 4 rings (SSSR count). The highest BCUT2D eigenvalue weighted by Crippen LogP contribution is 2.28. The Morgan fingerprint density at radius 2 is 1.87 bits per heavy atom. The highest BCUT2D eigenvalue weighted by molar-refractivity contribution is 6.42. The third-order valence-electron chi connectivity index (χ3n) is 6.97. The minimum absolute atomic E-state index is 0.0678. The number of hydrogen-bond donors (Lipinski definition) is 1. The first kappa shape index (κ1) is 28.5. The summed E-state index contributed by atoms with van der Waals surface area (Å²) in [5.74, 6) is 1.88. The Balaban J connectivity index is 1.28. The van der Waals surface area contributed by atoms with Crippen LogP contribution in [0.15, 0.2) is 41.5 Å². The molecule has 1 atom stereocenters. The van der Waals surface area contributed by atoms with Crippen molar-refractivity contribution in [2.45, 2.75) is 58.2 Å². The molecule has 2 saturated heterocycles. The molecule has 2 fully saturated rings. The summed E-state index contributed by atoms with van der Waals surface area (Å²) in [6, 6.07) is 11.5. The predicted molar refractivity (Wildman–Crippen MR) is 154 cm³/mol. The minimum atomic E-state index is -0.240. The largest absolute Gasteiger partial charge is 0.493 e. The molecule has 2 aromatic rings. The molecule has 0 saturated carbocycles. The van der Waals surface area contributed by atoms with Gasteiger partial charge in [0.1, 0.15) is 6.04 Å². The maximum atomic E-state index is 13.2. The average molecular weight is 562 g/mol. The summed E-state index contributed by atoms with van der Waals surface area (Å²) < 4.78 is 11.3. The molecule has 0 unspecified atom stereocenters. The van der Waals surface area contributed by atoms with Gasteiger partial charge in [-0.2, -0.15) is 5.10 Å². The lowest BCUT2D eigenvalue weighted by molar-refractivity contribution is -0.126. The fourth-order valence-electron chi connectivity index (χ4n) is 4.87. The van der Waals surface area contributed by atoms with Crippen LogP contribution in [-0.4, -0.2) is 67.5 Å². The molecule has 2 aliphatic rings. The maximum Gasteiger partial charge on any atom is 0.244 e. The van der Waals surface area contributed by atoms with Crippen molar-refractivity contribution in [1.82, 2.24) is 15.2 Å². The van der Waals surface area contributed by atoms with Gasteiger partial charge in [0.15, 0.2) is 11.5 Å². The molecular formula is C29H38Cl2N4O3. The lowest BCUT2D eigenvalue weighted by Crippen LogP contribution is -2.49. The van der Waals surface area contributed by atoms with E-state index in [9.17, 15) is 4.79 Å². The number of piperidine rings is 1. The van der Waals surface area contributed by atoms with Crippen LogP contribution in [0.4, 0.5) is 0 Å². The van der Waals surface area contributed by atoms with Crippen LogP contribution in [0.5, 0.6) is 11.5 Å². The van der Waals surface area contributed by atoms with E-state index in [-0.39, 0.29) is 18.0 Å². The van der Waals surface area contributed by atoms with Gasteiger partial charge in [-0.1, -0.05) is 43.1 Å². The fraction of sp³-hybridized carbons (Fsp3) is 0.517. The van der Waals surface area contributed by atoms with Gasteiger partial charge >= 0.3 is 0 Å². The van der Waals surface area contributed by atoms with Crippen LogP contribution in [0, 0.1) is 5.92 Å². The topological polar surface area (TPSA) is 66.4 Å². The number of nitrogens with one attached hydrogen (secondary N) is 1. The van der Waals surface area contributed by atoms with Crippen molar-refractivity contribution in [1.29, 1.82) is 0 Å². The zero-order chi connectivity index (χ0) is 27.1. The van der Waals surface area contributed by atoms with Crippen LogP contribution in [0.1, 0.15) is 50.7 Å². The number of carbonyl (C=O) groups is 1. The molecule has 2 aliphatic heterocycles. The van der Waals surface area contributed by atoms with Crippen molar-refractivity contribution >= 4 is 35.3 Å². The predicted octanol–water partition coefficient (Wildman–Crippen LogP) is 5.62. The second-order valence-corrected chi connectivity index (χ2v) is 11.3. The van der Waals surface area contributed by atoms with E-state index in [0.717, 1.165) is 63.0 Å². The first-order valence-corrected chi connectivity index (χ1v) is 14.2. The van der Waals surface area contributed by atoms with Crippen molar-refractivity contribution in [3.8, 4) is 11.5 Å². The standard InChI is InChI=1S/C29H38Cl2N4O3/c1-20(2)19-38-28-16-21(7-9-27(28)37-3)17-32-35-12-4-5-26(35)29(36)33-23-10-13-34(14-11-23)18-22-6-8-24(30)25(31)15-22/h6-9,15-17,20,23,26H,4-5,10-14,18-19H2,1-3H3,(H,33,36)/b32-17+/t26-/m0/s1. The Labute approximate surface area is 236 Å². The quantitative estimate of drug-likeness (QED) is 0.382. The van der Waals surface area contributed by atoms with Gasteiger partial charge in [0.2, 0.25) is 5.91 Å². The van der Waals surface area contributed by atoms with E-state index in [0.29, 0.717) is 34.1 Å². The summed E-state index contributed by atoms with van der Waals surface area (Å²) in [6.07, 6.45) is 5.41. The van der Waals surface area contributed by atoms with Gasteiger partial charge in [0, 0.05) is 32.2 Å². The van der Waals surface area contributed by atoms with Gasteiger partial charge < -0.3 is 14.8 Å². The number of amides is 1. The van der Waals surface area contributed by atoms with E-state index in [4.69, 9.17) is 32.7 Å². The molecule has 1 N–H and O–H groups in total. The zero-order valence-corrected chi connectivity index (χ0v) is 24.0. The van der Waals surface area contributed by atoms with E-state index in [1.165, 1.54) is 0 Å². The van der Waals surface area contributed by atoms with E-state index in [2.05, 4.69) is 29.2 Å². The van der Waals surface area contributed by atoms with Crippen molar-refractivity contribution in [2.75, 3.05) is 33.4 Å². The molecule has 0 aromatic heterocycles. The molecule has 0 bridgehead atoms. The third kappa shape index (κ3) is 7.78. The molecule has 9 heteroatoms. The molecule has 38 heavy (non-hydrogen) atoms. The summed E-state index contributed by atoms with van der Waals surface area (Å²) in [6.45, 7) is 8.28. The van der Waals surface area contributed by atoms with Crippen LogP contribution >= 0.6 is 23.2 Å². The van der Waals surface area contributed by atoms with Crippen LogP contribution < -0.4 is 14.8 Å². The lowest BCUT2D eigenvalue weighted by Gasteiger charge is -2.33. The average Bonchev–Trinajstić information content (AvgIpc) is 3.38. The number of carbonyl (C=O) groups excluding carboxylic acids is 1. The SMILES string of the molecule is COc1ccc(/C=N/N2CCC[C@H]2C(=O)NC2CCN(Cc3ccc(Cl)c(Cl)c3)CC2)cc1OCC(C)C. The number of methoxy groups -OCH3 is 1. The van der Waals surface area contributed by atoms with Gasteiger partial charge in [-0.05, 0) is 73.1 Å². The monoisotopic (exact) mass is 560 g/mol. The summed E-state index contributed by atoms with van der Waals surface area (Å²) in [7, 11) is 1.64. The van der Waals surface area contributed by atoms with Crippen molar-refractivity contribution in [3.05, 3.63) is 57.6 Å². The van der Waals surface area contributed by atoms with Crippen molar-refractivity contribution in [2.24, 2.45) is 11.0 Å². The van der Waals surface area contributed by atoms with E-state index in [1.807, 2.05) is 41.4 Å². The van der Waals surface area contributed by atoms with Gasteiger partial charge in [0.05, 0.1) is 30.0 Å². The normalized spacial score (nSPS) is 18.9. The van der Waals surface area contributed by atoms with E-state index in [1.54, 1.807) is 13.3 Å². The Bertz CT molecular complexity index is 1120. The Morgan fingerprint density at radius 3 is 2.58 bits per heavy atom. The second kappa shape index (κ2) is 13.5. The Kier molecular flexibility index (Phi) is 10.2.